The van der Waals surface area contributed by atoms with Crippen LogP contribution >= 0.6 is 11.3 Å². The molecule has 0 unspecified atom stereocenters. The third-order valence-electron chi connectivity index (χ3n) is 1.28. The van der Waals surface area contributed by atoms with Gasteiger partial charge in [-0.2, -0.15) is 0 Å². The van der Waals surface area contributed by atoms with Crippen LogP contribution in [0, 0.1) is 0 Å². The van der Waals surface area contributed by atoms with E-state index < -0.39 is 5.97 Å². The number of rotatable bonds is 2. The third-order valence-corrected chi connectivity index (χ3v) is 2.20. The molecule has 0 atom stereocenters. The molecule has 0 aliphatic heterocycles. The molecule has 0 aromatic carbocycles. The highest BCUT2D eigenvalue weighted by Crippen LogP contribution is 2.15. The van der Waals surface area contributed by atoms with E-state index in [9.17, 15) is 4.79 Å². The van der Waals surface area contributed by atoms with Crippen LogP contribution in [0.1, 0.15) is 4.88 Å². The second-order valence-electron chi connectivity index (χ2n) is 2.10. The molecule has 2 N–H and O–H groups in total. The van der Waals surface area contributed by atoms with E-state index in [4.69, 9.17) is 5.73 Å². The predicted molar refractivity (Wildman–Crippen MR) is 48.5 cm³/mol. The number of nitrogens with two attached hydrogens (primary N) is 1. The van der Waals surface area contributed by atoms with Crippen molar-refractivity contribution in [2.75, 3.05) is 7.11 Å². The van der Waals surface area contributed by atoms with Crippen LogP contribution in [0.2, 0.25) is 0 Å². The Hall–Kier alpha value is -1.29. The van der Waals surface area contributed by atoms with Crippen LogP contribution in [0.15, 0.2) is 23.6 Å². The molecule has 1 rings (SSSR count). The van der Waals surface area contributed by atoms with Crippen molar-refractivity contribution in [3.63, 3.8) is 0 Å². The van der Waals surface area contributed by atoms with Crippen molar-refractivity contribution in [3.05, 3.63) is 28.5 Å². The fraction of sp³-hybridized carbons (Fsp3) is 0.125. The maximum absolute atomic E-state index is 10.7. The Morgan fingerprint density at radius 3 is 3.00 bits per heavy atom. The molecule has 4 heteroatoms. The minimum absolute atomic E-state index is 0.430. The van der Waals surface area contributed by atoms with E-state index in [1.165, 1.54) is 24.5 Å². The zero-order chi connectivity index (χ0) is 8.97. The first-order valence-electron chi connectivity index (χ1n) is 3.33. The number of hydrogen-bond donors (Lipinski definition) is 1. The summed E-state index contributed by atoms with van der Waals surface area (Å²) >= 11 is 1.48. The van der Waals surface area contributed by atoms with E-state index in [2.05, 4.69) is 4.74 Å². The topological polar surface area (TPSA) is 52.3 Å². The minimum Gasteiger partial charge on any atom is -0.466 e. The number of carbonyl (C=O) groups excluding carboxylic acids is 1. The van der Waals surface area contributed by atoms with E-state index in [0.29, 0.717) is 5.70 Å². The highest BCUT2D eigenvalue weighted by molar-refractivity contribution is 7.11. The largest absolute Gasteiger partial charge is 0.466 e. The van der Waals surface area contributed by atoms with Gasteiger partial charge in [0.25, 0.3) is 0 Å². The normalized spacial score (nSPS) is 11.2. The van der Waals surface area contributed by atoms with Gasteiger partial charge in [-0.05, 0) is 11.4 Å². The van der Waals surface area contributed by atoms with Crippen LogP contribution in [-0.4, -0.2) is 13.1 Å². The van der Waals surface area contributed by atoms with E-state index in [-0.39, 0.29) is 0 Å². The molecule has 1 heterocycles. The number of hydrogen-bond acceptors (Lipinski definition) is 4. The summed E-state index contributed by atoms with van der Waals surface area (Å²) in [6.45, 7) is 0. The summed E-state index contributed by atoms with van der Waals surface area (Å²) < 4.78 is 4.43. The molecule has 3 nitrogen and oxygen atoms in total. The smallest absolute Gasteiger partial charge is 0.332 e. The Morgan fingerprint density at radius 2 is 2.50 bits per heavy atom. The summed E-state index contributed by atoms with van der Waals surface area (Å²) in [5, 5.41) is 1.90. The zero-order valence-electron chi connectivity index (χ0n) is 6.61. The van der Waals surface area contributed by atoms with E-state index >= 15 is 0 Å². The van der Waals surface area contributed by atoms with Gasteiger partial charge < -0.3 is 10.5 Å². The van der Waals surface area contributed by atoms with Gasteiger partial charge in [-0.15, -0.1) is 11.3 Å². The Labute approximate surface area is 74.5 Å². The van der Waals surface area contributed by atoms with Crippen molar-refractivity contribution >= 4 is 23.0 Å². The number of methoxy groups -OCH3 is 1. The molecule has 0 aliphatic rings. The lowest BCUT2D eigenvalue weighted by atomic mass is 10.3. The van der Waals surface area contributed by atoms with Crippen LogP contribution in [0.5, 0.6) is 0 Å². The van der Waals surface area contributed by atoms with E-state index in [0.717, 1.165) is 4.88 Å². The van der Waals surface area contributed by atoms with Crippen molar-refractivity contribution in [2.24, 2.45) is 5.73 Å². The Balaban J connectivity index is 2.77. The molecule has 1 aromatic heterocycles. The third kappa shape index (κ3) is 2.10. The van der Waals surface area contributed by atoms with Crippen LogP contribution in [-0.2, 0) is 9.53 Å². The van der Waals surface area contributed by atoms with Crippen molar-refractivity contribution < 1.29 is 9.53 Å². The van der Waals surface area contributed by atoms with Crippen LogP contribution < -0.4 is 5.73 Å². The Morgan fingerprint density at radius 1 is 1.75 bits per heavy atom. The van der Waals surface area contributed by atoms with Crippen LogP contribution in [0.3, 0.4) is 0 Å². The number of ether oxygens (including phenoxy) is 1. The monoisotopic (exact) mass is 183 g/mol. The van der Waals surface area contributed by atoms with Crippen LogP contribution in [0.25, 0.3) is 5.70 Å². The first kappa shape index (κ1) is 8.80. The molecule has 0 aliphatic carbocycles. The van der Waals surface area contributed by atoms with Crippen molar-refractivity contribution in [1.29, 1.82) is 0 Å². The lowest BCUT2D eigenvalue weighted by Crippen LogP contribution is -2.01. The van der Waals surface area contributed by atoms with E-state index in [1.54, 1.807) is 0 Å². The molecular formula is C8H9NO2S. The molecule has 0 amide bonds. The van der Waals surface area contributed by atoms with Gasteiger partial charge in [-0.1, -0.05) is 6.07 Å². The first-order chi connectivity index (χ1) is 5.74. The second-order valence-corrected chi connectivity index (χ2v) is 3.05. The summed E-state index contributed by atoms with van der Waals surface area (Å²) in [5.74, 6) is -0.430. The first-order valence-corrected chi connectivity index (χ1v) is 4.21. The standard InChI is InChI=1S/C8H9NO2S/c1-11-8(10)5-6(9)7-3-2-4-12-7/h2-5H,9H2,1H3/b6-5+. The highest BCUT2D eigenvalue weighted by Gasteiger charge is 2.00. The maximum atomic E-state index is 10.7. The second kappa shape index (κ2) is 3.92. The van der Waals surface area contributed by atoms with Gasteiger partial charge in [0.05, 0.1) is 17.7 Å². The summed E-state index contributed by atoms with van der Waals surface area (Å²) in [7, 11) is 1.32. The lowest BCUT2D eigenvalue weighted by molar-refractivity contribution is -0.134. The molecule has 0 fully saturated rings. The summed E-state index contributed by atoms with van der Waals surface area (Å²) in [4.78, 5) is 11.6. The molecule has 12 heavy (non-hydrogen) atoms. The fourth-order valence-corrected chi connectivity index (χ4v) is 1.36. The fourth-order valence-electron chi connectivity index (χ4n) is 0.700. The van der Waals surface area contributed by atoms with Gasteiger partial charge in [0.15, 0.2) is 0 Å². The van der Waals surface area contributed by atoms with Gasteiger partial charge in [0.1, 0.15) is 0 Å². The van der Waals surface area contributed by atoms with Gasteiger partial charge in [-0.3, -0.25) is 0 Å². The van der Waals surface area contributed by atoms with Gasteiger partial charge in [0, 0.05) is 6.08 Å². The minimum atomic E-state index is -0.430. The highest BCUT2D eigenvalue weighted by atomic mass is 32.1. The predicted octanol–water partition coefficient (Wildman–Crippen LogP) is 1.22. The van der Waals surface area contributed by atoms with Gasteiger partial charge in [0.2, 0.25) is 0 Å². The van der Waals surface area contributed by atoms with E-state index in [1.807, 2.05) is 17.5 Å². The van der Waals surface area contributed by atoms with Crippen molar-refractivity contribution in [3.8, 4) is 0 Å². The summed E-state index contributed by atoms with van der Waals surface area (Å²) in [5.41, 5.74) is 6.03. The number of esters is 1. The maximum Gasteiger partial charge on any atom is 0.332 e. The van der Waals surface area contributed by atoms with Gasteiger partial charge in [-0.25, -0.2) is 4.79 Å². The van der Waals surface area contributed by atoms with Gasteiger partial charge >= 0.3 is 5.97 Å². The molecule has 0 saturated heterocycles. The average Bonchev–Trinajstić information content (AvgIpc) is 2.56. The summed E-state index contributed by atoms with van der Waals surface area (Å²) in [6.07, 6.45) is 1.27. The van der Waals surface area contributed by atoms with Crippen LogP contribution in [0.4, 0.5) is 0 Å². The molecule has 1 aromatic rings. The lowest BCUT2D eigenvalue weighted by Gasteiger charge is -1.95. The number of thiophene rings is 1. The quantitative estimate of drug-likeness (QED) is 0.554. The SMILES string of the molecule is COC(=O)/C=C(/N)c1cccs1. The van der Waals surface area contributed by atoms with Crippen molar-refractivity contribution in [2.45, 2.75) is 0 Å². The molecule has 0 radical (unpaired) electrons. The molecular weight excluding hydrogens is 174 g/mol. The number of carbonyl (C=O) groups is 1. The molecule has 0 saturated carbocycles. The molecule has 0 bridgehead atoms. The molecule has 0 spiro atoms. The zero-order valence-corrected chi connectivity index (χ0v) is 7.43. The Kier molecular flexibility index (Phi) is 2.88. The molecule has 64 valence electrons. The Bertz CT molecular complexity index is 290. The summed E-state index contributed by atoms with van der Waals surface area (Å²) in [6, 6.07) is 3.72. The van der Waals surface area contributed by atoms with Crippen molar-refractivity contribution in [1.82, 2.24) is 0 Å². The average molecular weight is 183 g/mol.